The zero-order chi connectivity index (χ0) is 19.6. The van der Waals surface area contributed by atoms with Gasteiger partial charge in [-0.05, 0) is 64.2 Å². The van der Waals surface area contributed by atoms with E-state index in [1.807, 2.05) is 22.7 Å². The molecular formula is C27H22S2. The van der Waals surface area contributed by atoms with Crippen molar-refractivity contribution in [2.75, 3.05) is 0 Å². The molecule has 0 saturated heterocycles. The molecule has 5 aromatic rings. The molecule has 2 heterocycles. The fourth-order valence-electron chi connectivity index (χ4n) is 3.75. The Morgan fingerprint density at radius 3 is 1.90 bits per heavy atom. The van der Waals surface area contributed by atoms with Crippen LogP contribution >= 0.6 is 22.7 Å². The average molecular weight is 411 g/mol. The van der Waals surface area contributed by atoms with Crippen molar-refractivity contribution in [1.82, 2.24) is 0 Å². The van der Waals surface area contributed by atoms with Gasteiger partial charge in [-0.2, -0.15) is 0 Å². The number of aryl methyl sites for hydroxylation is 1. The van der Waals surface area contributed by atoms with Crippen molar-refractivity contribution >= 4 is 33.4 Å². The maximum atomic E-state index is 2.33. The molecule has 5 rings (SSSR count). The minimum Gasteiger partial charge on any atom is -0.134 e. The summed E-state index contributed by atoms with van der Waals surface area (Å²) >= 11 is 3.74. The molecule has 29 heavy (non-hydrogen) atoms. The van der Waals surface area contributed by atoms with Gasteiger partial charge in [0, 0.05) is 19.5 Å². The van der Waals surface area contributed by atoms with Gasteiger partial charge in [-0.1, -0.05) is 74.0 Å². The van der Waals surface area contributed by atoms with Crippen molar-refractivity contribution in [3.63, 3.8) is 0 Å². The van der Waals surface area contributed by atoms with Crippen LogP contribution in [0.5, 0.6) is 0 Å². The lowest BCUT2D eigenvalue weighted by atomic mass is 10.0. The Morgan fingerprint density at radius 1 is 0.552 bits per heavy atom. The maximum absolute atomic E-state index is 2.33. The van der Waals surface area contributed by atoms with Crippen molar-refractivity contribution < 1.29 is 0 Å². The van der Waals surface area contributed by atoms with Gasteiger partial charge in [0.1, 0.15) is 0 Å². The zero-order valence-corrected chi connectivity index (χ0v) is 18.0. The molecule has 0 saturated carbocycles. The summed E-state index contributed by atoms with van der Waals surface area (Å²) in [6, 6.07) is 33.3. The van der Waals surface area contributed by atoms with E-state index in [-0.39, 0.29) is 0 Å². The van der Waals surface area contributed by atoms with Gasteiger partial charge in [0.15, 0.2) is 0 Å². The smallest absolute Gasteiger partial charge is 0.0449 e. The molecule has 0 aliphatic heterocycles. The third kappa shape index (κ3) is 3.78. The predicted molar refractivity (Wildman–Crippen MR) is 130 cm³/mol. The number of rotatable bonds is 5. The summed E-state index contributed by atoms with van der Waals surface area (Å²) in [6.07, 6.45) is 2.34. The van der Waals surface area contributed by atoms with Crippen molar-refractivity contribution in [3.05, 3.63) is 96.6 Å². The lowest BCUT2D eigenvalue weighted by Crippen LogP contribution is -1.83. The molecule has 0 aliphatic rings. The van der Waals surface area contributed by atoms with Gasteiger partial charge in [-0.3, -0.25) is 0 Å². The van der Waals surface area contributed by atoms with Crippen LogP contribution < -0.4 is 0 Å². The van der Waals surface area contributed by atoms with Crippen LogP contribution in [0, 0.1) is 0 Å². The number of hydrogen-bond acceptors (Lipinski definition) is 2. The van der Waals surface area contributed by atoms with Gasteiger partial charge in [-0.25, -0.2) is 0 Å². The van der Waals surface area contributed by atoms with Crippen molar-refractivity contribution in [2.45, 2.75) is 19.8 Å². The largest absolute Gasteiger partial charge is 0.134 e. The summed E-state index contributed by atoms with van der Waals surface area (Å²) in [6.45, 7) is 2.23. The van der Waals surface area contributed by atoms with Gasteiger partial charge >= 0.3 is 0 Å². The third-order valence-electron chi connectivity index (χ3n) is 5.24. The fourth-order valence-corrected chi connectivity index (χ4v) is 5.85. The molecule has 3 aromatic carbocycles. The van der Waals surface area contributed by atoms with Crippen molar-refractivity contribution in [1.29, 1.82) is 0 Å². The molecular weight excluding hydrogens is 388 g/mol. The molecule has 0 atom stereocenters. The van der Waals surface area contributed by atoms with E-state index in [4.69, 9.17) is 0 Å². The van der Waals surface area contributed by atoms with Gasteiger partial charge in [-0.15, -0.1) is 22.7 Å². The second-order valence-electron chi connectivity index (χ2n) is 7.34. The van der Waals surface area contributed by atoms with Crippen LogP contribution in [0.15, 0.2) is 91.0 Å². The molecule has 0 radical (unpaired) electrons. The Hall–Kier alpha value is -2.68. The summed E-state index contributed by atoms with van der Waals surface area (Å²) < 4.78 is 0. The number of hydrogen-bond donors (Lipinski definition) is 0. The average Bonchev–Trinajstić information content (AvgIpc) is 3.44. The van der Waals surface area contributed by atoms with E-state index in [1.54, 1.807) is 0 Å². The van der Waals surface area contributed by atoms with Crippen molar-refractivity contribution in [3.8, 4) is 30.6 Å². The summed E-state index contributed by atoms with van der Waals surface area (Å²) in [5.74, 6) is 0. The van der Waals surface area contributed by atoms with E-state index < -0.39 is 0 Å². The fraction of sp³-hybridized carbons (Fsp3) is 0.111. The Labute approximate surface area is 180 Å². The Kier molecular flexibility index (Phi) is 5.05. The molecule has 0 unspecified atom stereocenters. The Bertz CT molecular complexity index is 1260. The van der Waals surface area contributed by atoms with Crippen LogP contribution in [0.25, 0.3) is 41.4 Å². The second kappa shape index (κ2) is 7.98. The third-order valence-corrected chi connectivity index (χ3v) is 7.71. The first kappa shape index (κ1) is 18.4. The molecule has 0 amide bonds. The normalized spacial score (nSPS) is 11.2. The maximum Gasteiger partial charge on any atom is 0.0449 e. The first-order valence-corrected chi connectivity index (χ1v) is 11.7. The Morgan fingerprint density at radius 2 is 1.17 bits per heavy atom. The van der Waals surface area contributed by atoms with Crippen LogP contribution in [-0.2, 0) is 6.42 Å². The van der Waals surface area contributed by atoms with Gasteiger partial charge in [0.2, 0.25) is 0 Å². The minimum atomic E-state index is 1.15. The molecule has 2 heteroatoms. The molecule has 0 fully saturated rings. The zero-order valence-electron chi connectivity index (χ0n) is 16.4. The lowest BCUT2D eigenvalue weighted by Gasteiger charge is -2.05. The van der Waals surface area contributed by atoms with E-state index in [2.05, 4.69) is 97.9 Å². The number of thiophene rings is 2. The monoisotopic (exact) mass is 410 g/mol. The van der Waals surface area contributed by atoms with Crippen LogP contribution in [0.2, 0.25) is 0 Å². The highest BCUT2D eigenvalue weighted by atomic mass is 32.1. The van der Waals surface area contributed by atoms with Crippen LogP contribution in [-0.4, -0.2) is 0 Å². The molecule has 0 nitrogen and oxygen atoms in total. The molecule has 0 aliphatic carbocycles. The quantitative estimate of drug-likeness (QED) is 0.271. The molecule has 0 bridgehead atoms. The predicted octanol–water partition coefficient (Wildman–Crippen LogP) is 8.92. The molecule has 0 N–H and O–H groups in total. The number of benzene rings is 3. The van der Waals surface area contributed by atoms with Crippen LogP contribution in [0.1, 0.15) is 18.9 Å². The van der Waals surface area contributed by atoms with E-state index in [0.29, 0.717) is 0 Å². The van der Waals surface area contributed by atoms with Gasteiger partial charge in [0.05, 0.1) is 0 Å². The van der Waals surface area contributed by atoms with Crippen molar-refractivity contribution in [2.24, 2.45) is 0 Å². The summed E-state index contributed by atoms with van der Waals surface area (Å²) in [5, 5.41) is 2.65. The van der Waals surface area contributed by atoms with Gasteiger partial charge in [0.25, 0.3) is 0 Å². The van der Waals surface area contributed by atoms with Crippen LogP contribution in [0.3, 0.4) is 0 Å². The Balaban J connectivity index is 1.44. The summed E-state index contributed by atoms with van der Waals surface area (Å²) in [4.78, 5) is 5.33. The highest BCUT2D eigenvalue weighted by Crippen LogP contribution is 2.40. The second-order valence-corrected chi connectivity index (χ2v) is 9.51. The molecule has 2 aromatic heterocycles. The highest BCUT2D eigenvalue weighted by molar-refractivity contribution is 7.25. The minimum absolute atomic E-state index is 1.15. The van der Waals surface area contributed by atoms with Gasteiger partial charge < -0.3 is 0 Å². The van der Waals surface area contributed by atoms with Crippen LogP contribution in [0.4, 0.5) is 0 Å². The molecule has 142 valence electrons. The van der Waals surface area contributed by atoms with E-state index >= 15 is 0 Å². The number of fused-ring (bicyclic) bond motifs is 1. The topological polar surface area (TPSA) is 0 Å². The highest BCUT2D eigenvalue weighted by Gasteiger charge is 2.09. The van der Waals surface area contributed by atoms with E-state index in [1.165, 1.54) is 53.4 Å². The summed E-state index contributed by atoms with van der Waals surface area (Å²) in [7, 11) is 0. The SMILES string of the molecule is CCCc1ccc2cc(-c3ccc(-c4ccc(-c5ccccc5)s4)s3)ccc2c1. The van der Waals surface area contributed by atoms with E-state index in [0.717, 1.165) is 6.42 Å². The standard InChI is InChI=1S/C27H22S2/c1-2-6-19-9-10-22-18-23(12-11-21(22)17-19)25-14-16-27(29-25)26-15-13-24(28-26)20-7-4-3-5-8-20/h3-5,7-18H,2,6H2,1H3. The first-order valence-electron chi connectivity index (χ1n) is 10.1. The first-order chi connectivity index (χ1) is 14.3. The van der Waals surface area contributed by atoms with E-state index in [9.17, 15) is 0 Å². The lowest BCUT2D eigenvalue weighted by molar-refractivity contribution is 0.924. The molecule has 0 spiro atoms. The summed E-state index contributed by atoms with van der Waals surface area (Å²) in [5.41, 5.74) is 4.02.